The Balaban J connectivity index is 1.43. The first-order valence-corrected chi connectivity index (χ1v) is 15.1. The van der Waals surface area contributed by atoms with Crippen molar-refractivity contribution >= 4 is 15.9 Å². The van der Waals surface area contributed by atoms with Gasteiger partial charge in [-0.1, -0.05) is 42.8 Å². The fraction of sp³-hybridized carbons (Fsp3) is 0.367. The molecule has 0 saturated heterocycles. The first-order chi connectivity index (χ1) is 19.3. The van der Waals surface area contributed by atoms with E-state index in [1.807, 2.05) is 35.1 Å². The van der Waals surface area contributed by atoms with Gasteiger partial charge < -0.3 is 15.2 Å². The van der Waals surface area contributed by atoms with Crippen molar-refractivity contribution in [2.75, 3.05) is 18.8 Å². The lowest BCUT2D eigenvalue weighted by molar-refractivity contribution is 0.0969. The third-order valence-corrected chi connectivity index (χ3v) is 7.86. The van der Waals surface area contributed by atoms with E-state index >= 15 is 0 Å². The van der Waals surface area contributed by atoms with Crippen LogP contribution in [0.1, 0.15) is 59.7 Å². The molecule has 2 aromatic carbocycles. The summed E-state index contributed by atoms with van der Waals surface area (Å²) in [5.41, 5.74) is 3.79. The molecule has 1 amide bonds. The van der Waals surface area contributed by atoms with Crippen LogP contribution in [0, 0.1) is 11.3 Å². The SMILES string of the molecule is N#CCS(=O)(=O)NC(=O)c1ccc(-c2ccc(CCNC[C@@H](O)c3cccnc3)cc2)cc1OC1CCCCC1. The van der Waals surface area contributed by atoms with Gasteiger partial charge >= 0.3 is 0 Å². The van der Waals surface area contributed by atoms with Gasteiger partial charge in [-0.3, -0.25) is 9.78 Å². The molecule has 1 fully saturated rings. The van der Waals surface area contributed by atoms with Gasteiger partial charge in [0.05, 0.1) is 23.8 Å². The van der Waals surface area contributed by atoms with Crippen molar-refractivity contribution < 1.29 is 23.1 Å². The van der Waals surface area contributed by atoms with E-state index in [0.29, 0.717) is 18.8 Å². The van der Waals surface area contributed by atoms with E-state index in [4.69, 9.17) is 10.00 Å². The normalized spacial score (nSPS) is 14.7. The Kier molecular flexibility index (Phi) is 10.2. The zero-order valence-electron chi connectivity index (χ0n) is 22.3. The van der Waals surface area contributed by atoms with E-state index in [-0.39, 0.29) is 11.7 Å². The number of hydrogen-bond acceptors (Lipinski definition) is 8. The van der Waals surface area contributed by atoms with Crippen LogP contribution in [0.15, 0.2) is 67.0 Å². The number of hydrogen-bond donors (Lipinski definition) is 3. The molecular formula is C30H34N4O5S. The highest BCUT2D eigenvalue weighted by atomic mass is 32.2. The average molecular weight is 563 g/mol. The molecule has 9 nitrogen and oxygen atoms in total. The minimum absolute atomic E-state index is 0.0437. The van der Waals surface area contributed by atoms with Crippen molar-refractivity contribution in [1.29, 1.82) is 5.26 Å². The monoisotopic (exact) mass is 562 g/mol. The van der Waals surface area contributed by atoms with Crippen LogP contribution in [-0.4, -0.2) is 49.4 Å². The fourth-order valence-electron chi connectivity index (χ4n) is 4.69. The van der Waals surface area contributed by atoms with Gasteiger partial charge in [-0.05, 0) is 73.5 Å². The molecule has 10 heteroatoms. The highest BCUT2D eigenvalue weighted by molar-refractivity contribution is 7.90. The molecule has 0 bridgehead atoms. The van der Waals surface area contributed by atoms with Crippen molar-refractivity contribution in [2.24, 2.45) is 0 Å². The lowest BCUT2D eigenvalue weighted by Gasteiger charge is -2.24. The zero-order chi connectivity index (χ0) is 28.4. The van der Waals surface area contributed by atoms with Gasteiger partial charge in [-0.15, -0.1) is 0 Å². The summed E-state index contributed by atoms with van der Waals surface area (Å²) in [5, 5.41) is 22.3. The van der Waals surface area contributed by atoms with Crippen LogP contribution in [0.4, 0.5) is 0 Å². The number of carbonyl (C=O) groups excluding carboxylic acids is 1. The molecule has 1 aromatic heterocycles. The van der Waals surface area contributed by atoms with E-state index in [0.717, 1.165) is 60.8 Å². The smallest absolute Gasteiger partial charge is 0.268 e. The van der Waals surface area contributed by atoms with Crippen molar-refractivity contribution in [2.45, 2.75) is 50.7 Å². The van der Waals surface area contributed by atoms with Gasteiger partial charge in [-0.2, -0.15) is 5.26 Å². The van der Waals surface area contributed by atoms with E-state index < -0.39 is 27.8 Å². The minimum atomic E-state index is -4.06. The van der Waals surface area contributed by atoms with Gasteiger partial charge in [-0.25, -0.2) is 13.1 Å². The van der Waals surface area contributed by atoms with Gasteiger partial charge in [0.15, 0.2) is 5.75 Å². The predicted octanol–water partition coefficient (Wildman–Crippen LogP) is 3.91. The first kappa shape index (κ1) is 29.2. The van der Waals surface area contributed by atoms with Gasteiger partial charge in [0.1, 0.15) is 5.75 Å². The maximum absolute atomic E-state index is 12.8. The third kappa shape index (κ3) is 8.36. The molecule has 0 spiro atoms. The number of carbonyl (C=O) groups is 1. The Morgan fingerprint density at radius 3 is 2.55 bits per heavy atom. The Hall–Kier alpha value is -3.78. The maximum atomic E-state index is 12.8. The van der Waals surface area contributed by atoms with Gasteiger partial charge in [0.2, 0.25) is 10.0 Å². The summed E-state index contributed by atoms with van der Waals surface area (Å²) < 4.78 is 32.2. The molecule has 1 heterocycles. The lowest BCUT2D eigenvalue weighted by atomic mass is 9.97. The lowest BCUT2D eigenvalue weighted by Crippen LogP contribution is -2.32. The minimum Gasteiger partial charge on any atom is -0.490 e. The van der Waals surface area contributed by atoms with Crippen LogP contribution in [0.25, 0.3) is 11.1 Å². The number of aliphatic hydroxyl groups excluding tert-OH is 1. The summed E-state index contributed by atoms with van der Waals surface area (Å²) in [6.07, 6.45) is 8.44. The van der Waals surface area contributed by atoms with Crippen molar-refractivity contribution in [3.8, 4) is 22.9 Å². The molecule has 3 aromatic rings. The van der Waals surface area contributed by atoms with Crippen LogP contribution in [-0.2, 0) is 16.4 Å². The first-order valence-electron chi connectivity index (χ1n) is 13.4. The second-order valence-electron chi connectivity index (χ2n) is 9.89. The molecule has 3 N–H and O–H groups in total. The molecule has 0 aliphatic heterocycles. The highest BCUT2D eigenvalue weighted by Crippen LogP contribution is 2.31. The molecule has 0 radical (unpaired) electrons. The van der Waals surface area contributed by atoms with Gasteiger partial charge in [0, 0.05) is 24.5 Å². The number of aromatic nitrogens is 1. The molecule has 1 atom stereocenters. The van der Waals surface area contributed by atoms with Crippen LogP contribution < -0.4 is 14.8 Å². The Morgan fingerprint density at radius 1 is 1.10 bits per heavy atom. The summed E-state index contributed by atoms with van der Waals surface area (Å²) in [4.78, 5) is 16.9. The number of rotatable bonds is 12. The Bertz CT molecular complexity index is 1420. The highest BCUT2D eigenvalue weighted by Gasteiger charge is 2.23. The molecule has 1 aliphatic carbocycles. The molecule has 4 rings (SSSR count). The van der Waals surface area contributed by atoms with Crippen LogP contribution in [0.2, 0.25) is 0 Å². The van der Waals surface area contributed by atoms with E-state index in [9.17, 15) is 18.3 Å². The summed E-state index contributed by atoms with van der Waals surface area (Å²) >= 11 is 0. The molecule has 0 unspecified atom stereocenters. The van der Waals surface area contributed by atoms with Crippen molar-refractivity contribution in [3.05, 3.63) is 83.7 Å². The molecule has 1 saturated carbocycles. The largest absolute Gasteiger partial charge is 0.490 e. The quantitative estimate of drug-likeness (QED) is 0.282. The van der Waals surface area contributed by atoms with E-state index in [2.05, 4.69) is 10.3 Å². The van der Waals surface area contributed by atoms with Crippen LogP contribution in [0.3, 0.4) is 0 Å². The predicted molar refractivity (Wildman–Crippen MR) is 152 cm³/mol. The summed E-state index contributed by atoms with van der Waals surface area (Å²) in [6.45, 7) is 1.14. The number of sulfonamides is 1. The Morgan fingerprint density at radius 2 is 1.85 bits per heavy atom. The van der Waals surface area contributed by atoms with Crippen LogP contribution in [0.5, 0.6) is 5.75 Å². The van der Waals surface area contributed by atoms with Crippen LogP contribution >= 0.6 is 0 Å². The number of pyridine rings is 1. The van der Waals surface area contributed by atoms with E-state index in [1.54, 1.807) is 42.7 Å². The zero-order valence-corrected chi connectivity index (χ0v) is 23.1. The fourth-order valence-corrected chi connectivity index (χ4v) is 5.33. The number of nitrogens with zero attached hydrogens (tertiary/aromatic N) is 2. The number of ether oxygens (including phenoxy) is 1. The number of benzene rings is 2. The maximum Gasteiger partial charge on any atom is 0.268 e. The number of nitrogens with one attached hydrogen (secondary N) is 2. The second-order valence-corrected chi connectivity index (χ2v) is 11.6. The molecule has 1 aliphatic rings. The van der Waals surface area contributed by atoms with Gasteiger partial charge in [0.25, 0.3) is 5.91 Å². The third-order valence-electron chi connectivity index (χ3n) is 6.86. The summed E-state index contributed by atoms with van der Waals surface area (Å²) in [5.74, 6) is -1.29. The number of amides is 1. The number of nitriles is 1. The van der Waals surface area contributed by atoms with E-state index in [1.165, 1.54) is 0 Å². The van der Waals surface area contributed by atoms with Crippen molar-refractivity contribution in [1.82, 2.24) is 15.0 Å². The molecule has 210 valence electrons. The topological polar surface area (TPSA) is 141 Å². The standard InChI is InChI=1S/C30H34N4O5S/c31-15-18-40(37,38)34-30(36)27-13-12-24(19-29(27)39-26-6-2-1-3-7-26)23-10-8-22(9-11-23)14-17-33-21-28(35)25-5-4-16-32-20-25/h4-5,8-13,16,19-20,26,28,33,35H,1-3,6-7,14,17-18,21H2,(H,34,36)/t28-/m1/s1. The Labute approximate surface area is 235 Å². The molecule has 40 heavy (non-hydrogen) atoms. The number of aliphatic hydroxyl groups is 1. The second kappa shape index (κ2) is 14.0. The average Bonchev–Trinajstić information content (AvgIpc) is 2.96. The summed E-state index contributed by atoms with van der Waals surface area (Å²) in [6, 6.07) is 18.4. The summed E-state index contributed by atoms with van der Waals surface area (Å²) in [7, 11) is -4.06. The molecular weight excluding hydrogens is 528 g/mol. The van der Waals surface area contributed by atoms with Crippen molar-refractivity contribution in [3.63, 3.8) is 0 Å².